The Hall–Kier alpha value is -2.93. The van der Waals surface area contributed by atoms with E-state index in [-0.39, 0.29) is 22.8 Å². The van der Waals surface area contributed by atoms with Gasteiger partial charge in [0.25, 0.3) is 5.56 Å². The lowest BCUT2D eigenvalue weighted by atomic mass is 10.0. The van der Waals surface area contributed by atoms with Crippen LogP contribution < -0.4 is 21.1 Å². The molecule has 0 atom stereocenters. The molecule has 0 aliphatic carbocycles. The van der Waals surface area contributed by atoms with E-state index >= 15 is 0 Å². The van der Waals surface area contributed by atoms with E-state index in [0.717, 1.165) is 5.57 Å². The molecule has 2 aliphatic rings. The molecule has 0 unspecified atom stereocenters. The van der Waals surface area contributed by atoms with Gasteiger partial charge in [0.2, 0.25) is 5.88 Å². The maximum Gasteiger partial charge on any atom is 0.260 e. The number of hydrogen-bond acceptors (Lipinski definition) is 5. The number of aromatic amines is 1. The number of pyridine rings is 1. The third-order valence-corrected chi connectivity index (χ3v) is 4.27. The fourth-order valence-electron chi connectivity index (χ4n) is 3.11. The molecule has 7 nitrogen and oxygen atoms in total. The first kappa shape index (κ1) is 14.6. The van der Waals surface area contributed by atoms with Crippen LogP contribution in [0.25, 0.3) is 5.57 Å². The number of nitrogens with one attached hydrogen (secondary N) is 2. The molecule has 0 amide bonds. The Morgan fingerprint density at radius 2 is 1.92 bits per heavy atom. The summed E-state index contributed by atoms with van der Waals surface area (Å²) in [5.41, 5.74) is 1.53. The van der Waals surface area contributed by atoms with Crippen molar-refractivity contribution < 1.29 is 9.84 Å². The molecule has 1 saturated heterocycles. The molecule has 7 heteroatoms. The minimum atomic E-state index is -0.380. The van der Waals surface area contributed by atoms with Crippen molar-refractivity contribution in [1.29, 1.82) is 5.41 Å². The second kappa shape index (κ2) is 5.61. The van der Waals surface area contributed by atoms with Gasteiger partial charge in [0.15, 0.2) is 5.84 Å². The van der Waals surface area contributed by atoms with E-state index in [0.29, 0.717) is 42.3 Å². The van der Waals surface area contributed by atoms with Crippen molar-refractivity contribution in [3.8, 4) is 5.88 Å². The third kappa shape index (κ3) is 2.21. The third-order valence-electron chi connectivity index (χ3n) is 4.27. The summed E-state index contributed by atoms with van der Waals surface area (Å²) in [7, 11) is 0. The summed E-state index contributed by atoms with van der Waals surface area (Å²) in [4.78, 5) is 14.9. The number of para-hydroxylation sites is 1. The number of benzene rings is 1. The highest BCUT2D eigenvalue weighted by Gasteiger charge is 2.27. The quantitative estimate of drug-likeness (QED) is 0.707. The predicted octanol–water partition coefficient (Wildman–Crippen LogP) is 0.422. The summed E-state index contributed by atoms with van der Waals surface area (Å²) < 4.78 is 5.35. The average molecular weight is 324 g/mol. The van der Waals surface area contributed by atoms with E-state index in [2.05, 4.69) is 10.1 Å². The van der Waals surface area contributed by atoms with Gasteiger partial charge in [-0.05, 0) is 25.0 Å². The normalized spacial score (nSPS) is 16.9. The first-order valence-corrected chi connectivity index (χ1v) is 7.74. The summed E-state index contributed by atoms with van der Waals surface area (Å²) >= 11 is 0. The molecule has 1 fully saturated rings. The van der Waals surface area contributed by atoms with Crippen LogP contribution in [0.2, 0.25) is 0 Å². The van der Waals surface area contributed by atoms with Gasteiger partial charge in [-0.25, -0.2) is 5.01 Å². The van der Waals surface area contributed by atoms with E-state index in [1.165, 1.54) is 5.01 Å². The van der Waals surface area contributed by atoms with E-state index < -0.39 is 0 Å². The Morgan fingerprint density at radius 1 is 1.21 bits per heavy atom. The molecule has 3 N–H and O–H groups in total. The van der Waals surface area contributed by atoms with Crippen molar-refractivity contribution in [3.63, 3.8) is 0 Å². The molecule has 3 heterocycles. The van der Waals surface area contributed by atoms with Crippen LogP contribution >= 0.6 is 0 Å². The first-order valence-electron chi connectivity index (χ1n) is 7.74. The van der Waals surface area contributed by atoms with Crippen LogP contribution in [-0.2, 0) is 4.74 Å². The number of amidine groups is 1. The van der Waals surface area contributed by atoms with Crippen LogP contribution in [0, 0.1) is 5.41 Å². The summed E-state index contributed by atoms with van der Waals surface area (Å²) in [6, 6.07) is 9.22. The van der Waals surface area contributed by atoms with Crippen LogP contribution in [0.5, 0.6) is 5.88 Å². The molecule has 0 saturated carbocycles. The number of aromatic nitrogens is 1. The molecule has 4 rings (SSSR count). The number of hydrogen-bond donors (Lipinski definition) is 3. The number of H-pyrrole nitrogens is 1. The maximum absolute atomic E-state index is 12.4. The number of aromatic hydroxyl groups is 1. The lowest BCUT2D eigenvalue weighted by Gasteiger charge is -2.14. The highest BCUT2D eigenvalue weighted by molar-refractivity contribution is 6.10. The Balaban J connectivity index is 2.01. The zero-order chi connectivity index (χ0) is 16.7. The van der Waals surface area contributed by atoms with Gasteiger partial charge in [0, 0.05) is 0 Å². The number of fused-ring (bicyclic) bond motifs is 1. The Kier molecular flexibility index (Phi) is 3.42. The Bertz CT molecular complexity index is 987. The molecular formula is C17H16N4O3. The van der Waals surface area contributed by atoms with Gasteiger partial charge < -0.3 is 9.84 Å². The van der Waals surface area contributed by atoms with Crippen molar-refractivity contribution in [2.75, 3.05) is 18.2 Å². The first-order chi connectivity index (χ1) is 11.7. The van der Waals surface area contributed by atoms with Gasteiger partial charge in [0.1, 0.15) is 10.9 Å². The van der Waals surface area contributed by atoms with Crippen LogP contribution in [0.15, 0.2) is 40.2 Å². The van der Waals surface area contributed by atoms with Crippen LogP contribution in [-0.4, -0.2) is 29.1 Å². The van der Waals surface area contributed by atoms with Crippen molar-refractivity contribution in [2.45, 2.75) is 12.8 Å². The molecule has 24 heavy (non-hydrogen) atoms. The van der Waals surface area contributed by atoms with Crippen LogP contribution in [0.1, 0.15) is 18.4 Å². The predicted molar refractivity (Wildman–Crippen MR) is 88.7 cm³/mol. The van der Waals surface area contributed by atoms with Gasteiger partial charge >= 0.3 is 0 Å². The zero-order valence-corrected chi connectivity index (χ0v) is 12.9. The van der Waals surface area contributed by atoms with Gasteiger partial charge in [0.05, 0.1) is 24.1 Å². The summed E-state index contributed by atoms with van der Waals surface area (Å²) in [5, 5.41) is 25.2. The maximum atomic E-state index is 12.4. The topological polar surface area (TPSA) is 102 Å². The molecule has 2 aliphatic heterocycles. The number of nitrogens with zero attached hydrogens (tertiary/aromatic N) is 2. The van der Waals surface area contributed by atoms with E-state index in [9.17, 15) is 9.90 Å². The van der Waals surface area contributed by atoms with Gasteiger partial charge in [-0.1, -0.05) is 23.8 Å². The molecular weight excluding hydrogens is 308 g/mol. The van der Waals surface area contributed by atoms with Gasteiger partial charge in [-0.15, -0.1) is 0 Å². The smallest absolute Gasteiger partial charge is 0.260 e. The second-order valence-corrected chi connectivity index (χ2v) is 5.71. The molecule has 0 spiro atoms. The van der Waals surface area contributed by atoms with Crippen LogP contribution in [0.3, 0.4) is 0 Å². The van der Waals surface area contributed by atoms with Crippen molar-refractivity contribution >= 4 is 17.1 Å². The summed E-state index contributed by atoms with van der Waals surface area (Å²) in [6.07, 6.45) is 1.29. The SMILES string of the molecule is N=C1c2c(O)[nH]c(=O)c(=C3CCOCC3)c2=NN1c1ccccc1. The minimum Gasteiger partial charge on any atom is -0.494 e. The largest absolute Gasteiger partial charge is 0.494 e. The number of ether oxygens (including phenoxy) is 1. The molecule has 2 aromatic rings. The van der Waals surface area contributed by atoms with Crippen molar-refractivity contribution in [2.24, 2.45) is 5.10 Å². The zero-order valence-electron chi connectivity index (χ0n) is 12.9. The van der Waals surface area contributed by atoms with Gasteiger partial charge in [-0.2, -0.15) is 5.10 Å². The average Bonchev–Trinajstić information content (AvgIpc) is 2.94. The second-order valence-electron chi connectivity index (χ2n) is 5.71. The standard InChI is InChI=1S/C17H16N4O3/c18-15-13-14(20-21(15)11-4-2-1-3-5-11)12(16(22)19-17(13)23)10-6-8-24-9-7-10/h1-5,18,23H,6-9H2,(H,19,22). The highest BCUT2D eigenvalue weighted by atomic mass is 16.5. The fraction of sp³-hybridized carbons (Fsp3) is 0.235. The lowest BCUT2D eigenvalue weighted by Crippen LogP contribution is -2.44. The molecule has 1 aromatic carbocycles. The number of rotatable bonds is 1. The number of anilines is 1. The monoisotopic (exact) mass is 324 g/mol. The summed E-state index contributed by atoms with van der Waals surface area (Å²) in [6.45, 7) is 1.12. The van der Waals surface area contributed by atoms with Crippen molar-refractivity contribution in [1.82, 2.24) is 4.98 Å². The fourth-order valence-corrected chi connectivity index (χ4v) is 3.11. The van der Waals surface area contributed by atoms with Crippen molar-refractivity contribution in [3.05, 3.63) is 56.8 Å². The van der Waals surface area contributed by atoms with E-state index in [1.54, 1.807) is 0 Å². The van der Waals surface area contributed by atoms with Crippen LogP contribution in [0.4, 0.5) is 5.69 Å². The van der Waals surface area contributed by atoms with E-state index in [4.69, 9.17) is 10.1 Å². The van der Waals surface area contributed by atoms with Gasteiger partial charge in [-0.3, -0.25) is 15.2 Å². The Morgan fingerprint density at radius 3 is 2.62 bits per heavy atom. The Labute approximate surface area is 137 Å². The molecule has 0 radical (unpaired) electrons. The minimum absolute atomic E-state index is 0.0406. The summed E-state index contributed by atoms with van der Waals surface area (Å²) in [5.74, 6) is -0.280. The highest BCUT2D eigenvalue weighted by Crippen LogP contribution is 2.21. The lowest BCUT2D eigenvalue weighted by molar-refractivity contribution is 0.129. The molecule has 122 valence electrons. The molecule has 1 aromatic heterocycles. The van der Waals surface area contributed by atoms with E-state index in [1.807, 2.05) is 30.3 Å². The molecule has 0 bridgehead atoms.